The minimum atomic E-state index is -0.0336. The van der Waals surface area contributed by atoms with Crippen LogP contribution in [0.5, 0.6) is 0 Å². The average Bonchev–Trinajstić information content (AvgIpc) is 2.78. The zero-order valence-electron chi connectivity index (χ0n) is 8.72. The van der Waals surface area contributed by atoms with Crippen molar-refractivity contribution in [3.63, 3.8) is 0 Å². The Kier molecular flexibility index (Phi) is 3.63. The van der Waals surface area contributed by atoms with Crippen molar-refractivity contribution < 1.29 is 0 Å². The zero-order valence-corrected chi connectivity index (χ0v) is 11.1. The molecule has 1 atom stereocenters. The van der Waals surface area contributed by atoms with Gasteiger partial charge in [-0.05, 0) is 34.5 Å². The van der Waals surface area contributed by atoms with E-state index in [1.54, 1.807) is 6.20 Å². The summed E-state index contributed by atoms with van der Waals surface area (Å²) in [4.78, 5) is 4.27. The van der Waals surface area contributed by atoms with Crippen LogP contribution in [0.2, 0.25) is 0 Å². The molecule has 2 aromatic rings. The second-order valence-corrected chi connectivity index (χ2v) is 5.16. The molecule has 0 radical (unpaired) electrons. The number of rotatable bonds is 3. The lowest BCUT2D eigenvalue weighted by Gasteiger charge is -2.00. The van der Waals surface area contributed by atoms with E-state index in [1.165, 1.54) is 11.3 Å². The van der Waals surface area contributed by atoms with E-state index < -0.39 is 0 Å². The number of pyridine rings is 1. The molecule has 0 saturated carbocycles. The van der Waals surface area contributed by atoms with E-state index in [2.05, 4.69) is 31.1 Å². The van der Waals surface area contributed by atoms with Gasteiger partial charge in [-0.3, -0.25) is 4.98 Å². The van der Waals surface area contributed by atoms with E-state index in [-0.39, 0.29) is 6.04 Å². The number of nitrogens with two attached hydrogens (primary N) is 1. The minimum absolute atomic E-state index is 0.0336. The third-order valence-corrected chi connectivity index (χ3v) is 3.86. The summed E-state index contributed by atoms with van der Waals surface area (Å²) in [5.41, 5.74) is 6.71. The summed E-state index contributed by atoms with van der Waals surface area (Å²) in [5.74, 6) is 0. The van der Waals surface area contributed by atoms with E-state index >= 15 is 0 Å². The van der Waals surface area contributed by atoms with Crippen molar-refractivity contribution in [2.45, 2.75) is 19.4 Å². The fourth-order valence-electron chi connectivity index (χ4n) is 1.20. The molecule has 2 heterocycles. The summed E-state index contributed by atoms with van der Waals surface area (Å²) >= 11 is 4.93. The van der Waals surface area contributed by atoms with Crippen LogP contribution in [-0.2, 0) is 0 Å². The molecule has 1 unspecified atom stereocenters. The van der Waals surface area contributed by atoms with Gasteiger partial charge in [-0.25, -0.2) is 0 Å². The molecule has 0 saturated heterocycles. The molecule has 0 aromatic carbocycles. The molecular weight excluding hydrogens is 288 g/mol. The van der Waals surface area contributed by atoms with Gasteiger partial charge < -0.3 is 5.73 Å². The summed E-state index contributed by atoms with van der Waals surface area (Å²) < 4.78 is 0.919. The number of nitrogens with zero attached hydrogens (tertiary/aromatic N) is 3. The zero-order chi connectivity index (χ0) is 11.5. The quantitative estimate of drug-likeness (QED) is 0.946. The Hall–Kier alpha value is -0.850. The monoisotopic (exact) mass is 298 g/mol. The highest BCUT2D eigenvalue weighted by molar-refractivity contribution is 9.10. The molecule has 0 aliphatic rings. The second-order valence-electron chi connectivity index (χ2n) is 3.29. The Morgan fingerprint density at radius 2 is 2.31 bits per heavy atom. The molecular formula is C10H11BrN4S. The molecule has 0 amide bonds. The van der Waals surface area contributed by atoms with Crippen molar-refractivity contribution >= 4 is 27.3 Å². The fraction of sp³-hybridized carbons (Fsp3) is 0.300. The fourth-order valence-corrected chi connectivity index (χ4v) is 2.71. The van der Waals surface area contributed by atoms with Crippen molar-refractivity contribution in [3.8, 4) is 10.7 Å². The molecule has 0 fully saturated rings. The maximum Gasteiger partial charge on any atom is 0.167 e. The predicted octanol–water partition coefficient (Wildman–Crippen LogP) is 2.77. The first-order chi connectivity index (χ1) is 7.72. The number of hydrogen-bond donors (Lipinski definition) is 1. The SMILES string of the molecule is CCC(N)c1nnc(-c2ncccc2Br)s1. The highest BCUT2D eigenvalue weighted by Gasteiger charge is 2.14. The van der Waals surface area contributed by atoms with Crippen molar-refractivity contribution in [1.29, 1.82) is 0 Å². The minimum Gasteiger partial charge on any atom is -0.322 e. The van der Waals surface area contributed by atoms with Crippen LogP contribution in [0.4, 0.5) is 0 Å². The Morgan fingerprint density at radius 1 is 1.50 bits per heavy atom. The average molecular weight is 299 g/mol. The molecule has 2 N–H and O–H groups in total. The van der Waals surface area contributed by atoms with Crippen molar-refractivity contribution in [2.75, 3.05) is 0 Å². The lowest BCUT2D eigenvalue weighted by atomic mass is 10.3. The van der Waals surface area contributed by atoms with Crippen LogP contribution in [0.25, 0.3) is 10.7 Å². The first kappa shape index (κ1) is 11.6. The highest BCUT2D eigenvalue weighted by atomic mass is 79.9. The van der Waals surface area contributed by atoms with Gasteiger partial charge in [-0.2, -0.15) is 0 Å². The summed E-state index contributed by atoms with van der Waals surface area (Å²) in [7, 11) is 0. The molecule has 2 rings (SSSR count). The standard InChI is InChI=1S/C10H11BrN4S/c1-2-7(12)9-14-15-10(16-9)8-6(11)4-3-5-13-8/h3-5,7H,2,12H2,1H3. The van der Waals surface area contributed by atoms with Crippen LogP contribution in [0, 0.1) is 0 Å². The molecule has 0 aliphatic carbocycles. The van der Waals surface area contributed by atoms with E-state index in [0.717, 1.165) is 26.6 Å². The van der Waals surface area contributed by atoms with E-state index in [4.69, 9.17) is 5.73 Å². The maximum absolute atomic E-state index is 5.90. The predicted molar refractivity (Wildman–Crippen MR) is 68.1 cm³/mol. The van der Waals surface area contributed by atoms with Gasteiger partial charge in [0.15, 0.2) is 5.01 Å². The molecule has 6 heteroatoms. The smallest absolute Gasteiger partial charge is 0.167 e. The Bertz CT molecular complexity index is 485. The number of halogens is 1. The van der Waals surface area contributed by atoms with Crippen LogP contribution < -0.4 is 5.73 Å². The largest absolute Gasteiger partial charge is 0.322 e. The van der Waals surface area contributed by atoms with Gasteiger partial charge in [0, 0.05) is 10.7 Å². The molecule has 0 aliphatic heterocycles. The van der Waals surface area contributed by atoms with Crippen LogP contribution in [0.1, 0.15) is 24.4 Å². The van der Waals surface area contributed by atoms with Crippen LogP contribution >= 0.6 is 27.3 Å². The Labute approximate surface area is 106 Å². The van der Waals surface area contributed by atoms with E-state index in [0.29, 0.717) is 0 Å². The Morgan fingerprint density at radius 3 is 3.00 bits per heavy atom. The number of hydrogen-bond acceptors (Lipinski definition) is 5. The molecule has 84 valence electrons. The lowest BCUT2D eigenvalue weighted by Crippen LogP contribution is -2.07. The summed E-state index contributed by atoms with van der Waals surface area (Å²) in [5, 5.41) is 9.85. The van der Waals surface area contributed by atoms with Gasteiger partial charge in [-0.15, -0.1) is 10.2 Å². The topological polar surface area (TPSA) is 64.7 Å². The van der Waals surface area contributed by atoms with Crippen molar-refractivity contribution in [3.05, 3.63) is 27.8 Å². The lowest BCUT2D eigenvalue weighted by molar-refractivity contribution is 0.683. The third kappa shape index (κ3) is 2.28. The van der Waals surface area contributed by atoms with Gasteiger partial charge >= 0.3 is 0 Å². The summed E-state index contributed by atoms with van der Waals surface area (Å²) in [6.07, 6.45) is 2.60. The molecule has 16 heavy (non-hydrogen) atoms. The van der Waals surface area contributed by atoms with Crippen molar-refractivity contribution in [2.24, 2.45) is 5.73 Å². The number of aromatic nitrogens is 3. The molecule has 2 aromatic heterocycles. The van der Waals surface area contributed by atoms with Gasteiger partial charge in [0.1, 0.15) is 10.7 Å². The summed E-state index contributed by atoms with van der Waals surface area (Å²) in [6, 6.07) is 3.77. The van der Waals surface area contributed by atoms with Crippen LogP contribution in [-0.4, -0.2) is 15.2 Å². The maximum atomic E-state index is 5.90. The molecule has 0 spiro atoms. The Balaban J connectivity index is 2.35. The van der Waals surface area contributed by atoms with E-state index in [9.17, 15) is 0 Å². The summed E-state index contributed by atoms with van der Waals surface area (Å²) in [6.45, 7) is 2.03. The van der Waals surface area contributed by atoms with Crippen molar-refractivity contribution in [1.82, 2.24) is 15.2 Å². The molecule has 4 nitrogen and oxygen atoms in total. The van der Waals surface area contributed by atoms with E-state index in [1.807, 2.05) is 19.1 Å². The third-order valence-electron chi connectivity index (χ3n) is 2.16. The van der Waals surface area contributed by atoms with Gasteiger partial charge in [0.2, 0.25) is 0 Å². The van der Waals surface area contributed by atoms with Gasteiger partial charge in [0.25, 0.3) is 0 Å². The van der Waals surface area contributed by atoms with Gasteiger partial charge in [-0.1, -0.05) is 18.3 Å². The molecule has 0 bridgehead atoms. The van der Waals surface area contributed by atoms with Crippen LogP contribution in [0.3, 0.4) is 0 Å². The first-order valence-electron chi connectivity index (χ1n) is 4.92. The van der Waals surface area contributed by atoms with Crippen LogP contribution in [0.15, 0.2) is 22.8 Å². The first-order valence-corrected chi connectivity index (χ1v) is 6.53. The highest BCUT2D eigenvalue weighted by Crippen LogP contribution is 2.30. The van der Waals surface area contributed by atoms with Gasteiger partial charge in [0.05, 0.1) is 6.04 Å². The normalized spacial score (nSPS) is 12.7. The second kappa shape index (κ2) is 4.99.